The Kier molecular flexibility index (Phi) is 4.23. The van der Waals surface area contributed by atoms with Gasteiger partial charge in [-0.3, -0.25) is 0 Å². The van der Waals surface area contributed by atoms with Gasteiger partial charge in [0.05, 0.1) is 30.4 Å². The van der Waals surface area contributed by atoms with Gasteiger partial charge in [-0.05, 0) is 48.0 Å². The fourth-order valence-corrected chi connectivity index (χ4v) is 2.40. The third kappa shape index (κ3) is 2.47. The van der Waals surface area contributed by atoms with E-state index in [9.17, 15) is 0 Å². The molecule has 0 amide bonds. The van der Waals surface area contributed by atoms with Crippen molar-refractivity contribution >= 4 is 21.7 Å². The molecule has 1 atom stereocenters. The van der Waals surface area contributed by atoms with Crippen LogP contribution in [0.15, 0.2) is 22.7 Å². The maximum absolute atomic E-state index is 6.09. The number of halogens is 1. The number of anilines is 1. The summed E-state index contributed by atoms with van der Waals surface area (Å²) >= 11 is 3.44. The summed E-state index contributed by atoms with van der Waals surface area (Å²) in [5.74, 6) is 2.15. The van der Waals surface area contributed by atoms with E-state index in [1.54, 1.807) is 18.9 Å². The number of aryl methyl sites for hydroxylation is 1. The molecular formula is C14H18BrN3O2. The lowest BCUT2D eigenvalue weighted by Crippen LogP contribution is -2.13. The second-order valence-electron chi connectivity index (χ2n) is 4.51. The highest BCUT2D eigenvalue weighted by atomic mass is 79.9. The summed E-state index contributed by atoms with van der Waals surface area (Å²) < 4.78 is 13.3. The molecule has 0 fully saturated rings. The van der Waals surface area contributed by atoms with Crippen molar-refractivity contribution in [3.05, 3.63) is 33.9 Å². The molecule has 0 radical (unpaired) electrons. The summed E-state index contributed by atoms with van der Waals surface area (Å²) in [5, 5.41) is 4.47. The van der Waals surface area contributed by atoms with Crippen LogP contribution in [0.5, 0.6) is 11.5 Å². The third-order valence-corrected chi connectivity index (χ3v) is 4.28. The molecule has 0 aliphatic carbocycles. The minimum absolute atomic E-state index is 0.0648. The van der Waals surface area contributed by atoms with Gasteiger partial charge in [0.1, 0.15) is 17.3 Å². The molecule has 20 heavy (non-hydrogen) atoms. The van der Waals surface area contributed by atoms with E-state index >= 15 is 0 Å². The highest BCUT2D eigenvalue weighted by Gasteiger charge is 2.20. The predicted molar refractivity (Wildman–Crippen MR) is 82.4 cm³/mol. The van der Waals surface area contributed by atoms with Crippen LogP contribution in [0.25, 0.3) is 0 Å². The van der Waals surface area contributed by atoms with E-state index in [1.165, 1.54) is 0 Å². The van der Waals surface area contributed by atoms with Crippen LogP contribution in [0.2, 0.25) is 0 Å². The number of ether oxygens (including phenoxy) is 2. The number of aromatic nitrogens is 2. The van der Waals surface area contributed by atoms with Crippen LogP contribution >= 0.6 is 15.9 Å². The van der Waals surface area contributed by atoms with Crippen LogP contribution in [0.1, 0.15) is 24.2 Å². The number of hydrogen-bond donors (Lipinski definition) is 1. The molecule has 0 aliphatic rings. The van der Waals surface area contributed by atoms with E-state index in [0.717, 1.165) is 27.2 Å². The lowest BCUT2D eigenvalue weighted by Gasteiger charge is -2.18. The first-order chi connectivity index (χ1) is 9.49. The summed E-state index contributed by atoms with van der Waals surface area (Å²) in [7, 11) is 3.28. The largest absolute Gasteiger partial charge is 0.497 e. The van der Waals surface area contributed by atoms with Gasteiger partial charge >= 0.3 is 0 Å². The zero-order valence-corrected chi connectivity index (χ0v) is 13.6. The molecule has 5 nitrogen and oxygen atoms in total. The summed E-state index contributed by atoms with van der Waals surface area (Å²) in [4.78, 5) is 0. The Bertz CT molecular complexity index is 625. The van der Waals surface area contributed by atoms with Crippen molar-refractivity contribution in [2.45, 2.75) is 19.9 Å². The maximum Gasteiger partial charge on any atom is 0.137 e. The Balaban J connectivity index is 2.51. The number of benzene rings is 1. The summed E-state index contributed by atoms with van der Waals surface area (Å²) in [6.07, 6.45) is 0. The normalized spacial score (nSPS) is 12.2. The van der Waals surface area contributed by atoms with Crippen molar-refractivity contribution in [3.8, 4) is 11.5 Å². The molecule has 108 valence electrons. The predicted octanol–water partition coefficient (Wildman–Crippen LogP) is 3.16. The fourth-order valence-electron chi connectivity index (χ4n) is 2.14. The number of methoxy groups -OCH3 is 2. The highest BCUT2D eigenvalue weighted by Crippen LogP contribution is 2.34. The van der Waals surface area contributed by atoms with Gasteiger partial charge in [0.15, 0.2) is 0 Å². The van der Waals surface area contributed by atoms with Crippen molar-refractivity contribution in [1.29, 1.82) is 0 Å². The third-order valence-electron chi connectivity index (χ3n) is 3.30. The molecule has 1 aromatic carbocycles. The first-order valence-corrected chi connectivity index (χ1v) is 7.00. The second-order valence-corrected chi connectivity index (χ2v) is 5.31. The van der Waals surface area contributed by atoms with E-state index in [0.29, 0.717) is 5.82 Å². The van der Waals surface area contributed by atoms with E-state index in [-0.39, 0.29) is 6.04 Å². The molecule has 1 aromatic heterocycles. The Morgan fingerprint density at radius 3 is 2.50 bits per heavy atom. The highest BCUT2D eigenvalue weighted by molar-refractivity contribution is 9.10. The second kappa shape index (κ2) is 5.75. The molecule has 2 N–H and O–H groups in total. The van der Waals surface area contributed by atoms with Crippen LogP contribution in [0.4, 0.5) is 5.82 Å². The van der Waals surface area contributed by atoms with E-state index in [4.69, 9.17) is 15.2 Å². The van der Waals surface area contributed by atoms with Gasteiger partial charge in [0.25, 0.3) is 0 Å². The van der Waals surface area contributed by atoms with Gasteiger partial charge in [-0.1, -0.05) is 0 Å². The number of nitrogens with two attached hydrogens (primary N) is 1. The van der Waals surface area contributed by atoms with Crippen molar-refractivity contribution in [1.82, 2.24) is 9.78 Å². The van der Waals surface area contributed by atoms with Gasteiger partial charge in [0.2, 0.25) is 0 Å². The lowest BCUT2D eigenvalue weighted by atomic mass is 10.1. The number of rotatable bonds is 4. The minimum atomic E-state index is -0.0648. The van der Waals surface area contributed by atoms with E-state index < -0.39 is 0 Å². The van der Waals surface area contributed by atoms with Gasteiger partial charge in [-0.15, -0.1) is 0 Å². The molecule has 2 rings (SSSR count). The SMILES string of the molecule is COc1ccc(OC)c(C(C)n2nc(C)c(Br)c2N)c1. The first kappa shape index (κ1) is 14.7. The van der Waals surface area contributed by atoms with Crippen molar-refractivity contribution in [2.75, 3.05) is 20.0 Å². The monoisotopic (exact) mass is 339 g/mol. The van der Waals surface area contributed by atoms with E-state index in [1.807, 2.05) is 32.0 Å². The van der Waals surface area contributed by atoms with Gasteiger partial charge in [-0.2, -0.15) is 5.10 Å². The lowest BCUT2D eigenvalue weighted by molar-refractivity contribution is 0.391. The quantitative estimate of drug-likeness (QED) is 0.929. The maximum atomic E-state index is 6.09. The molecule has 0 saturated heterocycles. The smallest absolute Gasteiger partial charge is 0.137 e. The Hall–Kier alpha value is -1.69. The minimum Gasteiger partial charge on any atom is -0.497 e. The van der Waals surface area contributed by atoms with Gasteiger partial charge < -0.3 is 15.2 Å². The average molecular weight is 340 g/mol. The van der Waals surface area contributed by atoms with Crippen LogP contribution in [0, 0.1) is 6.92 Å². The zero-order chi connectivity index (χ0) is 14.9. The van der Waals surface area contributed by atoms with Crippen molar-refractivity contribution in [2.24, 2.45) is 0 Å². The standard InChI is InChI=1S/C14H18BrN3O2/c1-8-13(15)14(16)18(17-8)9(2)11-7-10(19-3)5-6-12(11)20-4/h5-7,9H,16H2,1-4H3. The Morgan fingerprint density at radius 1 is 1.30 bits per heavy atom. The summed E-state index contributed by atoms with van der Waals surface area (Å²) in [6.45, 7) is 3.93. The zero-order valence-electron chi connectivity index (χ0n) is 12.0. The Morgan fingerprint density at radius 2 is 2.00 bits per heavy atom. The molecule has 2 aromatic rings. The molecular weight excluding hydrogens is 322 g/mol. The molecule has 1 heterocycles. The molecule has 1 unspecified atom stereocenters. The average Bonchev–Trinajstić information content (AvgIpc) is 2.73. The van der Waals surface area contributed by atoms with Crippen molar-refractivity contribution in [3.63, 3.8) is 0 Å². The van der Waals surface area contributed by atoms with Gasteiger partial charge in [0, 0.05) is 5.56 Å². The summed E-state index contributed by atoms with van der Waals surface area (Å²) in [6, 6.07) is 5.62. The fraction of sp³-hybridized carbons (Fsp3) is 0.357. The van der Waals surface area contributed by atoms with Crippen LogP contribution in [0.3, 0.4) is 0 Å². The van der Waals surface area contributed by atoms with Gasteiger partial charge in [-0.25, -0.2) is 4.68 Å². The Labute approximate surface area is 126 Å². The first-order valence-electron chi connectivity index (χ1n) is 6.21. The van der Waals surface area contributed by atoms with Crippen LogP contribution < -0.4 is 15.2 Å². The van der Waals surface area contributed by atoms with Crippen molar-refractivity contribution < 1.29 is 9.47 Å². The molecule has 0 bridgehead atoms. The molecule has 0 spiro atoms. The molecule has 0 aliphatic heterocycles. The number of nitrogens with zero attached hydrogens (tertiary/aromatic N) is 2. The molecule has 6 heteroatoms. The number of hydrogen-bond acceptors (Lipinski definition) is 4. The molecule has 0 saturated carbocycles. The van der Waals surface area contributed by atoms with E-state index in [2.05, 4.69) is 21.0 Å². The van der Waals surface area contributed by atoms with Crippen LogP contribution in [-0.4, -0.2) is 24.0 Å². The van der Waals surface area contributed by atoms with Crippen LogP contribution in [-0.2, 0) is 0 Å². The summed E-state index contributed by atoms with van der Waals surface area (Å²) in [5.41, 5.74) is 7.91. The number of nitrogen functional groups attached to an aromatic ring is 1. The topological polar surface area (TPSA) is 62.3 Å².